The highest BCUT2D eigenvalue weighted by Gasteiger charge is 2.20. The molecule has 3 aromatic carbocycles. The van der Waals surface area contributed by atoms with Gasteiger partial charge in [0.05, 0.1) is 18.2 Å². The second kappa shape index (κ2) is 7.91. The average Bonchev–Trinajstić information content (AvgIpc) is 3.13. The lowest BCUT2D eigenvalue weighted by Gasteiger charge is -2.18. The molecule has 0 aliphatic carbocycles. The number of aryl methyl sites for hydroxylation is 1. The monoisotopic (exact) mass is 401 g/mol. The van der Waals surface area contributed by atoms with Gasteiger partial charge in [-0.05, 0) is 30.7 Å². The standard InChI is InChI=1S/C24H23N3O3/c1-15-6-4-7-16(10-15)11-21-19-13-20(23(28)14-22(19)26-25-21)24(29)27(2)17-8-5-9-18(12-17)30-3/h4-10,12-14,28H,11H2,1-3H3,(H,25,26). The van der Waals surface area contributed by atoms with Gasteiger partial charge in [0.25, 0.3) is 5.91 Å². The van der Waals surface area contributed by atoms with Crippen molar-refractivity contribution in [3.05, 3.63) is 83.0 Å². The molecule has 1 heterocycles. The number of ether oxygens (including phenoxy) is 1. The first-order valence-electron chi connectivity index (χ1n) is 9.64. The van der Waals surface area contributed by atoms with Crippen LogP contribution in [0.5, 0.6) is 11.5 Å². The fourth-order valence-corrected chi connectivity index (χ4v) is 3.55. The first-order chi connectivity index (χ1) is 14.5. The molecular formula is C24H23N3O3. The van der Waals surface area contributed by atoms with E-state index < -0.39 is 0 Å². The topological polar surface area (TPSA) is 78.5 Å². The third kappa shape index (κ3) is 3.72. The summed E-state index contributed by atoms with van der Waals surface area (Å²) in [4.78, 5) is 14.6. The van der Waals surface area contributed by atoms with Gasteiger partial charge in [-0.2, -0.15) is 5.10 Å². The fraction of sp³-hybridized carbons (Fsp3) is 0.167. The zero-order valence-corrected chi connectivity index (χ0v) is 17.1. The van der Waals surface area contributed by atoms with Crippen LogP contribution in [0.25, 0.3) is 10.9 Å². The molecule has 0 aliphatic rings. The number of aromatic nitrogens is 2. The number of carbonyl (C=O) groups excluding carboxylic acids is 1. The number of aromatic hydroxyl groups is 1. The minimum Gasteiger partial charge on any atom is -0.507 e. The number of rotatable bonds is 5. The summed E-state index contributed by atoms with van der Waals surface area (Å²) >= 11 is 0. The fourth-order valence-electron chi connectivity index (χ4n) is 3.55. The van der Waals surface area contributed by atoms with E-state index >= 15 is 0 Å². The highest BCUT2D eigenvalue weighted by Crippen LogP contribution is 2.30. The molecule has 0 saturated heterocycles. The number of fused-ring (bicyclic) bond motifs is 1. The maximum Gasteiger partial charge on any atom is 0.261 e. The van der Waals surface area contributed by atoms with Crippen LogP contribution in [0.15, 0.2) is 60.7 Å². The molecule has 0 fully saturated rings. The predicted octanol–water partition coefficient (Wildman–Crippen LogP) is 4.45. The Bertz CT molecular complexity index is 1230. The lowest BCUT2D eigenvalue weighted by Crippen LogP contribution is -2.26. The zero-order chi connectivity index (χ0) is 21.3. The first-order valence-corrected chi connectivity index (χ1v) is 9.64. The van der Waals surface area contributed by atoms with Crippen molar-refractivity contribution in [1.82, 2.24) is 10.2 Å². The number of phenols is 1. The summed E-state index contributed by atoms with van der Waals surface area (Å²) in [5, 5.41) is 18.6. The van der Waals surface area contributed by atoms with E-state index in [-0.39, 0.29) is 17.2 Å². The summed E-state index contributed by atoms with van der Waals surface area (Å²) < 4.78 is 5.24. The summed E-state index contributed by atoms with van der Waals surface area (Å²) in [6, 6.07) is 18.7. The number of H-pyrrole nitrogens is 1. The van der Waals surface area contributed by atoms with Gasteiger partial charge in [0.15, 0.2) is 0 Å². The number of hydrogen-bond donors (Lipinski definition) is 2. The minimum atomic E-state index is -0.314. The lowest BCUT2D eigenvalue weighted by atomic mass is 10.0. The van der Waals surface area contributed by atoms with E-state index in [1.165, 1.54) is 16.5 Å². The van der Waals surface area contributed by atoms with Gasteiger partial charge in [0, 0.05) is 42.4 Å². The third-order valence-electron chi connectivity index (χ3n) is 5.19. The van der Waals surface area contributed by atoms with E-state index in [0.29, 0.717) is 23.4 Å². The van der Waals surface area contributed by atoms with Gasteiger partial charge >= 0.3 is 0 Å². The van der Waals surface area contributed by atoms with Crippen LogP contribution < -0.4 is 9.64 Å². The van der Waals surface area contributed by atoms with Crippen molar-refractivity contribution >= 4 is 22.5 Å². The molecule has 4 aromatic rings. The Hall–Kier alpha value is -3.80. The van der Waals surface area contributed by atoms with Crippen LogP contribution >= 0.6 is 0 Å². The highest BCUT2D eigenvalue weighted by atomic mass is 16.5. The molecule has 0 aliphatic heterocycles. The molecule has 0 spiro atoms. The molecule has 2 N–H and O–H groups in total. The van der Waals surface area contributed by atoms with Gasteiger partial charge in [-0.3, -0.25) is 9.89 Å². The SMILES string of the molecule is COc1cccc(N(C)C(=O)c2cc3c(Cc4cccc(C)c4)[nH]nc3cc2O)c1. The first kappa shape index (κ1) is 19.5. The van der Waals surface area contributed by atoms with Crippen molar-refractivity contribution in [2.75, 3.05) is 19.1 Å². The van der Waals surface area contributed by atoms with Crippen molar-refractivity contribution in [2.24, 2.45) is 0 Å². The van der Waals surface area contributed by atoms with Crippen LogP contribution in [-0.2, 0) is 6.42 Å². The molecule has 30 heavy (non-hydrogen) atoms. The number of methoxy groups -OCH3 is 1. The van der Waals surface area contributed by atoms with Gasteiger partial charge in [-0.15, -0.1) is 0 Å². The number of hydrogen-bond acceptors (Lipinski definition) is 4. The molecule has 0 saturated carbocycles. The maximum atomic E-state index is 13.1. The Balaban J connectivity index is 1.70. The van der Waals surface area contributed by atoms with Crippen LogP contribution in [0.4, 0.5) is 5.69 Å². The summed E-state index contributed by atoms with van der Waals surface area (Å²) in [5.41, 5.74) is 4.75. The Morgan fingerprint density at radius 3 is 2.70 bits per heavy atom. The minimum absolute atomic E-state index is 0.101. The average molecular weight is 401 g/mol. The number of nitrogens with zero attached hydrogens (tertiary/aromatic N) is 2. The zero-order valence-electron chi connectivity index (χ0n) is 17.1. The van der Waals surface area contributed by atoms with Crippen molar-refractivity contribution < 1.29 is 14.6 Å². The van der Waals surface area contributed by atoms with Crippen molar-refractivity contribution in [1.29, 1.82) is 0 Å². The van der Waals surface area contributed by atoms with Crippen molar-refractivity contribution in [3.63, 3.8) is 0 Å². The smallest absolute Gasteiger partial charge is 0.261 e. The molecule has 1 amide bonds. The van der Waals surface area contributed by atoms with Crippen LogP contribution in [0, 0.1) is 6.92 Å². The molecule has 152 valence electrons. The number of aromatic amines is 1. The van der Waals surface area contributed by atoms with Gasteiger partial charge in [0.1, 0.15) is 11.5 Å². The molecule has 4 rings (SSSR count). The van der Waals surface area contributed by atoms with E-state index in [9.17, 15) is 9.90 Å². The normalized spacial score (nSPS) is 10.9. The second-order valence-corrected chi connectivity index (χ2v) is 7.32. The largest absolute Gasteiger partial charge is 0.507 e. The van der Waals surface area contributed by atoms with Crippen molar-refractivity contribution in [2.45, 2.75) is 13.3 Å². The Morgan fingerprint density at radius 2 is 1.93 bits per heavy atom. The molecule has 0 unspecified atom stereocenters. The van der Waals surface area contributed by atoms with E-state index in [1.807, 2.05) is 24.3 Å². The van der Waals surface area contributed by atoms with Gasteiger partial charge in [-0.1, -0.05) is 35.9 Å². The summed E-state index contributed by atoms with van der Waals surface area (Å²) in [7, 11) is 3.25. The Labute approximate surface area is 174 Å². The molecule has 0 radical (unpaired) electrons. The van der Waals surface area contributed by atoms with E-state index in [2.05, 4.69) is 35.3 Å². The van der Waals surface area contributed by atoms with Crippen molar-refractivity contribution in [3.8, 4) is 11.5 Å². The summed E-state index contributed by atoms with van der Waals surface area (Å²) in [6.07, 6.45) is 0.655. The molecule has 6 nitrogen and oxygen atoms in total. The van der Waals surface area contributed by atoms with Crippen LogP contribution in [-0.4, -0.2) is 35.4 Å². The van der Waals surface area contributed by atoms with E-state index in [0.717, 1.165) is 16.6 Å². The third-order valence-corrected chi connectivity index (χ3v) is 5.19. The lowest BCUT2D eigenvalue weighted by molar-refractivity contribution is 0.0990. The number of carbonyl (C=O) groups is 1. The van der Waals surface area contributed by atoms with Crippen LogP contribution in [0.2, 0.25) is 0 Å². The van der Waals surface area contributed by atoms with Gasteiger partial charge in [0.2, 0.25) is 0 Å². The Morgan fingerprint density at radius 1 is 1.13 bits per heavy atom. The number of amides is 1. The van der Waals surface area contributed by atoms with E-state index in [4.69, 9.17) is 4.74 Å². The molecule has 0 atom stereocenters. The van der Waals surface area contributed by atoms with Gasteiger partial charge < -0.3 is 14.7 Å². The Kier molecular flexibility index (Phi) is 5.14. The number of anilines is 1. The second-order valence-electron chi connectivity index (χ2n) is 7.32. The summed E-state index contributed by atoms with van der Waals surface area (Å²) in [5.74, 6) is 0.239. The summed E-state index contributed by atoms with van der Waals surface area (Å²) in [6.45, 7) is 2.05. The molecule has 1 aromatic heterocycles. The molecular weight excluding hydrogens is 378 g/mol. The maximum absolute atomic E-state index is 13.1. The quantitative estimate of drug-likeness (QED) is 0.518. The molecule has 0 bridgehead atoms. The van der Waals surface area contributed by atoms with Crippen LogP contribution in [0.3, 0.4) is 0 Å². The van der Waals surface area contributed by atoms with Gasteiger partial charge in [-0.25, -0.2) is 0 Å². The molecule has 6 heteroatoms. The van der Waals surface area contributed by atoms with E-state index in [1.54, 1.807) is 26.3 Å². The number of nitrogens with one attached hydrogen (secondary N) is 1. The van der Waals surface area contributed by atoms with Crippen LogP contribution in [0.1, 0.15) is 27.2 Å². The number of phenolic OH excluding ortho intramolecular Hbond substituents is 1. The predicted molar refractivity (Wildman–Crippen MR) is 117 cm³/mol. The highest BCUT2D eigenvalue weighted by molar-refractivity contribution is 6.09. The number of benzene rings is 3.